The van der Waals surface area contributed by atoms with Crippen LogP contribution in [0.15, 0.2) is 111 Å². The van der Waals surface area contributed by atoms with Crippen LogP contribution in [0.5, 0.6) is 0 Å². The van der Waals surface area contributed by atoms with Crippen molar-refractivity contribution in [3.63, 3.8) is 0 Å². The van der Waals surface area contributed by atoms with Gasteiger partial charge in [0.1, 0.15) is 0 Å². The summed E-state index contributed by atoms with van der Waals surface area (Å²) in [5, 5.41) is 0. The zero-order chi connectivity index (χ0) is 19.4. The van der Waals surface area contributed by atoms with Crippen molar-refractivity contribution < 1.29 is 0 Å². The molecule has 0 aromatic rings. The lowest BCUT2D eigenvalue weighted by Gasteiger charge is -1.72. The Balaban J connectivity index is -0.000000242. The van der Waals surface area contributed by atoms with Gasteiger partial charge in [-0.25, -0.2) is 0 Å². The van der Waals surface area contributed by atoms with E-state index in [9.17, 15) is 0 Å². The van der Waals surface area contributed by atoms with Crippen LogP contribution in [0, 0.1) is 0 Å². The van der Waals surface area contributed by atoms with Crippen LogP contribution in [0.2, 0.25) is 0 Å². The number of allylic oxidation sites excluding steroid dienone is 15. The van der Waals surface area contributed by atoms with Crippen LogP contribution >= 0.6 is 0 Å². The number of rotatable bonds is 4. The molecule has 0 N–H and O–H groups in total. The van der Waals surface area contributed by atoms with Crippen molar-refractivity contribution in [1.82, 2.24) is 0 Å². The minimum atomic E-state index is 1.14. The molecular formula is C25H38. The molecule has 2 rings (SSSR count). The van der Waals surface area contributed by atoms with Crippen LogP contribution in [-0.2, 0) is 0 Å². The molecule has 0 fully saturated rings. The van der Waals surface area contributed by atoms with Crippen molar-refractivity contribution in [1.29, 1.82) is 0 Å². The summed E-state index contributed by atoms with van der Waals surface area (Å²) in [4.78, 5) is 0. The summed E-state index contributed by atoms with van der Waals surface area (Å²) in [6.07, 6.45) is 34.5. The van der Waals surface area contributed by atoms with Crippen LogP contribution in [-0.4, -0.2) is 0 Å². The maximum Gasteiger partial charge on any atom is -0.0163 e. The molecule has 2 aliphatic carbocycles. The van der Waals surface area contributed by atoms with Gasteiger partial charge in [-0.3, -0.25) is 0 Å². The summed E-state index contributed by atoms with van der Waals surface area (Å²) in [5.41, 5.74) is 0. The van der Waals surface area contributed by atoms with E-state index in [2.05, 4.69) is 75.3 Å². The number of unbranched alkanes of at least 4 members (excludes halogenated alkanes) is 1. The summed E-state index contributed by atoms with van der Waals surface area (Å²) in [6.45, 7) is 16.5. The summed E-state index contributed by atoms with van der Waals surface area (Å²) in [7, 11) is 0. The lowest BCUT2D eigenvalue weighted by atomic mass is 10.3. The van der Waals surface area contributed by atoms with Crippen molar-refractivity contribution in [2.45, 2.75) is 46.5 Å². The van der Waals surface area contributed by atoms with Crippen molar-refractivity contribution in [3.8, 4) is 0 Å². The van der Waals surface area contributed by atoms with Crippen LogP contribution in [0.4, 0.5) is 0 Å². The highest BCUT2D eigenvalue weighted by Gasteiger charge is 1.72. The monoisotopic (exact) mass is 338 g/mol. The normalized spacial score (nSPS) is 12.1. The van der Waals surface area contributed by atoms with Crippen LogP contribution in [0.1, 0.15) is 46.5 Å². The lowest BCUT2D eigenvalue weighted by Crippen LogP contribution is -1.52. The molecule has 0 spiro atoms. The van der Waals surface area contributed by atoms with Gasteiger partial charge in [0.2, 0.25) is 0 Å². The van der Waals surface area contributed by atoms with Crippen molar-refractivity contribution in [3.05, 3.63) is 111 Å². The van der Waals surface area contributed by atoms with E-state index < -0.39 is 0 Å². The van der Waals surface area contributed by atoms with Gasteiger partial charge in [-0.15, -0.1) is 6.58 Å². The van der Waals surface area contributed by atoms with Crippen LogP contribution in [0.25, 0.3) is 0 Å². The average Bonchev–Trinajstić information content (AvgIpc) is 3.37. The van der Waals surface area contributed by atoms with Gasteiger partial charge in [-0.1, -0.05) is 118 Å². The van der Waals surface area contributed by atoms with Crippen molar-refractivity contribution in [2.24, 2.45) is 0 Å². The van der Waals surface area contributed by atoms with E-state index in [1.807, 2.05) is 44.2 Å². The predicted octanol–water partition coefficient (Wildman–Crippen LogP) is 8.47. The van der Waals surface area contributed by atoms with E-state index in [1.165, 1.54) is 6.42 Å². The molecule has 0 aromatic carbocycles. The van der Waals surface area contributed by atoms with Gasteiger partial charge >= 0.3 is 0 Å². The first kappa shape index (κ1) is 27.5. The van der Waals surface area contributed by atoms with E-state index in [1.54, 1.807) is 12.2 Å². The fourth-order valence-corrected chi connectivity index (χ4v) is 1.26. The topological polar surface area (TPSA) is 0 Å². The first-order valence-electron chi connectivity index (χ1n) is 8.96. The molecule has 2 aliphatic rings. The van der Waals surface area contributed by atoms with Crippen molar-refractivity contribution >= 4 is 0 Å². The highest BCUT2D eigenvalue weighted by atomic mass is 13.8. The van der Waals surface area contributed by atoms with E-state index in [0.717, 1.165) is 19.3 Å². The Morgan fingerprint density at radius 2 is 1.08 bits per heavy atom. The molecule has 0 radical (unpaired) electrons. The lowest BCUT2D eigenvalue weighted by molar-refractivity contribution is 0.961. The van der Waals surface area contributed by atoms with E-state index >= 15 is 0 Å². The SMILES string of the molecule is C1=CCC=C1.C1=CCC=C1.C=CC=CC.C=CC=CC.C=CCCC. The Kier molecular flexibility index (Phi) is 36.6. The molecule has 0 aromatic heterocycles. The molecule has 0 nitrogen and oxygen atoms in total. The summed E-state index contributed by atoms with van der Waals surface area (Å²) >= 11 is 0. The molecule has 0 atom stereocenters. The second-order valence-electron chi connectivity index (χ2n) is 4.78. The molecule has 0 saturated heterocycles. The van der Waals surface area contributed by atoms with Gasteiger partial charge in [0.25, 0.3) is 0 Å². The van der Waals surface area contributed by atoms with Gasteiger partial charge in [0.05, 0.1) is 0 Å². The molecule has 0 heteroatoms. The van der Waals surface area contributed by atoms with Crippen LogP contribution in [0.3, 0.4) is 0 Å². The third-order valence-corrected chi connectivity index (χ3v) is 2.46. The quantitative estimate of drug-likeness (QED) is 0.356. The van der Waals surface area contributed by atoms with Crippen LogP contribution < -0.4 is 0 Å². The Bertz CT molecular complexity index is 373. The minimum Gasteiger partial charge on any atom is -0.103 e. The van der Waals surface area contributed by atoms with Gasteiger partial charge in [0, 0.05) is 0 Å². The molecule has 138 valence electrons. The number of hydrogen-bond donors (Lipinski definition) is 0. The van der Waals surface area contributed by atoms with Gasteiger partial charge in [-0.05, 0) is 33.1 Å². The van der Waals surface area contributed by atoms with Gasteiger partial charge < -0.3 is 0 Å². The third-order valence-electron chi connectivity index (χ3n) is 2.46. The summed E-state index contributed by atoms with van der Waals surface area (Å²) in [5.74, 6) is 0. The fraction of sp³-hybridized carbons (Fsp3) is 0.280. The highest BCUT2D eigenvalue weighted by molar-refractivity contribution is 5.12. The zero-order valence-corrected chi connectivity index (χ0v) is 16.6. The van der Waals surface area contributed by atoms with E-state index in [-0.39, 0.29) is 0 Å². The minimum absolute atomic E-state index is 1.14. The first-order chi connectivity index (χ1) is 12.2. The Hall–Kier alpha value is -2.34. The zero-order valence-electron chi connectivity index (χ0n) is 16.6. The molecule has 0 bridgehead atoms. The smallest absolute Gasteiger partial charge is 0.0163 e. The van der Waals surface area contributed by atoms with Gasteiger partial charge in [0.15, 0.2) is 0 Å². The number of hydrogen-bond acceptors (Lipinski definition) is 0. The second kappa shape index (κ2) is 33.3. The Morgan fingerprint density at radius 3 is 1.12 bits per heavy atom. The average molecular weight is 339 g/mol. The van der Waals surface area contributed by atoms with Crippen molar-refractivity contribution in [2.75, 3.05) is 0 Å². The maximum atomic E-state index is 3.55. The predicted molar refractivity (Wildman–Crippen MR) is 121 cm³/mol. The molecule has 0 amide bonds. The molecule has 0 unspecified atom stereocenters. The molecular weight excluding hydrogens is 300 g/mol. The van der Waals surface area contributed by atoms with Gasteiger partial charge in [-0.2, -0.15) is 0 Å². The Morgan fingerprint density at radius 1 is 0.720 bits per heavy atom. The van der Waals surface area contributed by atoms with E-state index in [0.29, 0.717) is 0 Å². The molecule has 0 heterocycles. The molecule has 0 aliphatic heterocycles. The first-order valence-corrected chi connectivity index (χ1v) is 8.96. The second-order valence-corrected chi connectivity index (χ2v) is 4.78. The molecule has 25 heavy (non-hydrogen) atoms. The van der Waals surface area contributed by atoms with E-state index in [4.69, 9.17) is 0 Å². The molecule has 0 saturated carbocycles. The fourth-order valence-electron chi connectivity index (χ4n) is 1.26. The summed E-state index contributed by atoms with van der Waals surface area (Å²) < 4.78 is 0. The summed E-state index contributed by atoms with van der Waals surface area (Å²) in [6, 6.07) is 0. The standard InChI is InChI=1S/2C5H6.C5H10.2C5H8/c2*1-2-4-5-3-1;3*1-3-5-4-2/h2*1-4H,5H2;3H,1,4-5H2,2H3;2*3-5H,1H2,2H3. The Labute approximate surface area is 157 Å². The highest BCUT2D eigenvalue weighted by Crippen LogP contribution is 1.93. The maximum absolute atomic E-state index is 3.55. The largest absolute Gasteiger partial charge is 0.103 e. The third kappa shape index (κ3) is 44.9.